The molecule has 4 heteroatoms. The van der Waals surface area contributed by atoms with E-state index >= 15 is 0 Å². The summed E-state index contributed by atoms with van der Waals surface area (Å²) in [6, 6.07) is -0.354. The highest BCUT2D eigenvalue weighted by atomic mass is 16.5. The predicted molar refractivity (Wildman–Crippen MR) is 38.1 cm³/mol. The topological polar surface area (TPSA) is 46.6 Å². The smallest absolute Gasteiger partial charge is 0.323 e. The molecular weight excluding hydrogens is 146 g/mol. The van der Waals surface area contributed by atoms with Crippen molar-refractivity contribution in [3.63, 3.8) is 0 Å². The van der Waals surface area contributed by atoms with Crippen molar-refractivity contribution >= 4 is 11.8 Å². The van der Waals surface area contributed by atoms with Crippen LogP contribution in [-0.2, 0) is 14.3 Å². The van der Waals surface area contributed by atoms with Crippen molar-refractivity contribution in [3.8, 4) is 0 Å². The van der Waals surface area contributed by atoms with E-state index in [1.165, 1.54) is 7.11 Å². The van der Waals surface area contributed by atoms with Gasteiger partial charge in [0.2, 0.25) is 0 Å². The molecule has 0 aliphatic carbocycles. The molecule has 1 aliphatic heterocycles. The highest BCUT2D eigenvalue weighted by Gasteiger charge is 2.33. The normalized spacial score (nSPS) is 25.6. The summed E-state index contributed by atoms with van der Waals surface area (Å²) >= 11 is 0. The Morgan fingerprint density at radius 3 is 2.73 bits per heavy atom. The Morgan fingerprint density at radius 1 is 1.73 bits per heavy atom. The first-order valence-corrected chi connectivity index (χ1v) is 3.45. The van der Waals surface area contributed by atoms with Crippen LogP contribution in [0.25, 0.3) is 0 Å². The largest absolute Gasteiger partial charge is 0.468 e. The average molecular weight is 157 g/mol. The zero-order valence-electron chi connectivity index (χ0n) is 6.66. The van der Waals surface area contributed by atoms with Crippen molar-refractivity contribution in [2.24, 2.45) is 0 Å². The van der Waals surface area contributed by atoms with Gasteiger partial charge >= 0.3 is 5.97 Å². The van der Waals surface area contributed by atoms with Gasteiger partial charge in [-0.3, -0.25) is 14.5 Å². The van der Waals surface area contributed by atoms with Crippen molar-refractivity contribution in [2.75, 3.05) is 20.7 Å². The van der Waals surface area contributed by atoms with Gasteiger partial charge in [-0.25, -0.2) is 0 Å². The maximum Gasteiger partial charge on any atom is 0.323 e. The third-order valence-electron chi connectivity index (χ3n) is 1.85. The third-order valence-corrected chi connectivity index (χ3v) is 1.85. The molecule has 0 N–H and O–H groups in total. The fourth-order valence-electron chi connectivity index (χ4n) is 1.22. The van der Waals surface area contributed by atoms with E-state index in [-0.39, 0.29) is 17.8 Å². The van der Waals surface area contributed by atoms with E-state index in [9.17, 15) is 9.59 Å². The lowest BCUT2D eigenvalue weighted by Crippen LogP contribution is -2.33. The number of likely N-dealkylation sites (N-methyl/N-ethyl adjacent to an activating group) is 1. The molecule has 0 aromatic rings. The molecule has 1 rings (SSSR count). The number of ketones is 1. The third kappa shape index (κ3) is 1.57. The standard InChI is InChI=1S/C7H11NO3/c1-8-4-5(9)3-6(8)7(10)11-2/h6H,3-4H2,1-2H3/t6-/m0/s1. The van der Waals surface area contributed by atoms with Gasteiger partial charge in [-0.1, -0.05) is 0 Å². The zero-order valence-corrected chi connectivity index (χ0v) is 6.66. The predicted octanol–water partition coefficient (Wildman–Crippen LogP) is -0.567. The van der Waals surface area contributed by atoms with Gasteiger partial charge in [0.1, 0.15) is 11.8 Å². The first-order valence-electron chi connectivity index (χ1n) is 3.45. The average Bonchev–Trinajstić information content (AvgIpc) is 2.28. The molecule has 0 radical (unpaired) electrons. The second-order valence-electron chi connectivity index (χ2n) is 2.70. The summed E-state index contributed by atoms with van der Waals surface area (Å²) in [7, 11) is 3.07. The van der Waals surface area contributed by atoms with Crippen LogP contribution in [0, 0.1) is 0 Å². The lowest BCUT2D eigenvalue weighted by molar-refractivity contribution is -0.145. The number of Topliss-reactive ketones (excluding diaryl/α,β-unsaturated/α-hetero) is 1. The molecule has 0 amide bonds. The van der Waals surface area contributed by atoms with Gasteiger partial charge in [0.05, 0.1) is 13.7 Å². The number of methoxy groups -OCH3 is 1. The van der Waals surface area contributed by atoms with Gasteiger partial charge in [0, 0.05) is 6.42 Å². The van der Waals surface area contributed by atoms with Crippen molar-refractivity contribution in [1.29, 1.82) is 0 Å². The van der Waals surface area contributed by atoms with Gasteiger partial charge in [-0.15, -0.1) is 0 Å². The second kappa shape index (κ2) is 3.00. The molecule has 0 aromatic carbocycles. The molecule has 0 bridgehead atoms. The van der Waals surface area contributed by atoms with Gasteiger partial charge in [0.25, 0.3) is 0 Å². The minimum absolute atomic E-state index is 0.0999. The van der Waals surface area contributed by atoms with E-state index in [2.05, 4.69) is 4.74 Å². The van der Waals surface area contributed by atoms with Crippen LogP contribution in [-0.4, -0.2) is 43.4 Å². The summed E-state index contributed by atoms with van der Waals surface area (Å²) in [6.07, 6.45) is 0.295. The fourth-order valence-corrected chi connectivity index (χ4v) is 1.22. The van der Waals surface area contributed by atoms with Crippen LogP contribution in [0.3, 0.4) is 0 Å². The van der Waals surface area contributed by atoms with Crippen LogP contribution < -0.4 is 0 Å². The lowest BCUT2D eigenvalue weighted by Gasteiger charge is -2.14. The molecule has 1 atom stereocenters. The van der Waals surface area contributed by atoms with Crippen molar-refractivity contribution in [1.82, 2.24) is 4.90 Å². The van der Waals surface area contributed by atoms with Crippen molar-refractivity contribution < 1.29 is 14.3 Å². The number of rotatable bonds is 1. The summed E-state index contributed by atoms with van der Waals surface area (Å²) in [4.78, 5) is 23.5. The molecule has 62 valence electrons. The molecule has 1 heterocycles. The molecule has 11 heavy (non-hydrogen) atoms. The van der Waals surface area contributed by atoms with Crippen LogP contribution >= 0.6 is 0 Å². The number of carbonyl (C=O) groups is 2. The second-order valence-corrected chi connectivity index (χ2v) is 2.70. The molecule has 1 saturated heterocycles. The highest BCUT2D eigenvalue weighted by molar-refractivity contribution is 5.91. The maximum atomic E-state index is 11.0. The first kappa shape index (κ1) is 8.20. The molecule has 1 fully saturated rings. The zero-order chi connectivity index (χ0) is 8.43. The number of ether oxygens (including phenoxy) is 1. The number of likely N-dealkylation sites (tertiary alicyclic amines) is 1. The van der Waals surface area contributed by atoms with E-state index in [4.69, 9.17) is 0 Å². The summed E-state index contributed by atoms with van der Waals surface area (Å²) < 4.78 is 4.52. The Morgan fingerprint density at radius 2 is 2.36 bits per heavy atom. The van der Waals surface area contributed by atoms with E-state index in [1.807, 2.05) is 0 Å². The Hall–Kier alpha value is -0.900. The highest BCUT2D eigenvalue weighted by Crippen LogP contribution is 2.12. The van der Waals surface area contributed by atoms with Crippen molar-refractivity contribution in [2.45, 2.75) is 12.5 Å². The number of hydrogen-bond donors (Lipinski definition) is 0. The summed E-state index contributed by atoms with van der Waals surface area (Å²) in [5.74, 6) is -0.221. The first-order chi connectivity index (χ1) is 5.15. The van der Waals surface area contributed by atoms with Crippen LogP contribution in [0.5, 0.6) is 0 Å². The summed E-state index contributed by atoms with van der Waals surface area (Å²) in [5, 5.41) is 0. The minimum Gasteiger partial charge on any atom is -0.468 e. The molecule has 0 aromatic heterocycles. The molecule has 0 unspecified atom stereocenters. The molecular formula is C7H11NO3. The molecule has 0 saturated carbocycles. The van der Waals surface area contributed by atoms with E-state index in [0.717, 1.165) is 0 Å². The van der Waals surface area contributed by atoms with Crippen LogP contribution in [0.1, 0.15) is 6.42 Å². The fraction of sp³-hybridized carbons (Fsp3) is 0.714. The quantitative estimate of drug-likeness (QED) is 0.478. The Bertz CT molecular complexity index is 190. The number of esters is 1. The Labute approximate surface area is 65.1 Å². The summed E-state index contributed by atoms with van der Waals surface area (Å²) in [5.41, 5.74) is 0. The molecule has 1 aliphatic rings. The van der Waals surface area contributed by atoms with Crippen LogP contribution in [0.4, 0.5) is 0 Å². The number of carbonyl (C=O) groups excluding carboxylic acids is 2. The van der Waals surface area contributed by atoms with E-state index in [0.29, 0.717) is 13.0 Å². The van der Waals surface area contributed by atoms with Crippen LogP contribution in [0.2, 0.25) is 0 Å². The van der Waals surface area contributed by atoms with Gasteiger partial charge in [-0.05, 0) is 7.05 Å². The van der Waals surface area contributed by atoms with E-state index in [1.54, 1.807) is 11.9 Å². The number of nitrogens with zero attached hydrogens (tertiary/aromatic N) is 1. The van der Waals surface area contributed by atoms with Gasteiger partial charge in [-0.2, -0.15) is 0 Å². The molecule has 0 spiro atoms. The monoisotopic (exact) mass is 157 g/mol. The Kier molecular flexibility index (Phi) is 2.24. The SMILES string of the molecule is COC(=O)[C@@H]1CC(=O)CN1C. The number of hydrogen-bond acceptors (Lipinski definition) is 4. The van der Waals surface area contributed by atoms with Crippen molar-refractivity contribution in [3.05, 3.63) is 0 Å². The van der Waals surface area contributed by atoms with E-state index < -0.39 is 0 Å². The van der Waals surface area contributed by atoms with Gasteiger partial charge < -0.3 is 4.74 Å². The van der Waals surface area contributed by atoms with Gasteiger partial charge in [0.15, 0.2) is 0 Å². The minimum atomic E-state index is -0.354. The summed E-state index contributed by atoms with van der Waals surface area (Å²) in [6.45, 7) is 0.361. The van der Waals surface area contributed by atoms with Crippen LogP contribution in [0.15, 0.2) is 0 Å². The Balaban J connectivity index is 2.59. The maximum absolute atomic E-state index is 11.0. The molecule has 4 nitrogen and oxygen atoms in total. The lowest BCUT2D eigenvalue weighted by atomic mass is 10.2.